The molecule has 2 heterocycles. The number of aliphatic hydroxyl groups is 1. The average Bonchev–Trinajstić information content (AvgIpc) is 3.39. The Bertz CT molecular complexity index is 1130. The third kappa shape index (κ3) is 4.28. The number of H-pyrrole nitrogens is 1. The Labute approximate surface area is 198 Å². The fourth-order valence-corrected chi connectivity index (χ4v) is 5.42. The van der Waals surface area contributed by atoms with Crippen LogP contribution in [0.25, 0.3) is 10.2 Å². The van der Waals surface area contributed by atoms with Crippen LogP contribution in [0.15, 0.2) is 30.3 Å². The van der Waals surface area contributed by atoms with Gasteiger partial charge >= 0.3 is 0 Å². The number of hydrogen-bond acceptors (Lipinski definition) is 5. The SMILES string of the molecule is CN(C(=O)[C@@H](O)CN)[C@H]1c2ccccc2C[C@H]1NC(=O)c1cc2sc(Cl)c(Cl)c2[nH]1.Cl. The first kappa shape index (κ1) is 23.8. The van der Waals surface area contributed by atoms with Crippen molar-refractivity contribution in [1.29, 1.82) is 0 Å². The molecular formula is C20H21Cl3N4O3S. The summed E-state index contributed by atoms with van der Waals surface area (Å²) in [6, 6.07) is 8.62. The Morgan fingerprint density at radius 1 is 1.39 bits per heavy atom. The van der Waals surface area contributed by atoms with Crippen molar-refractivity contribution in [3.8, 4) is 0 Å². The molecule has 166 valence electrons. The highest BCUT2D eigenvalue weighted by Crippen LogP contribution is 2.39. The topological polar surface area (TPSA) is 111 Å². The first-order chi connectivity index (χ1) is 14.3. The summed E-state index contributed by atoms with van der Waals surface area (Å²) in [5.74, 6) is -0.797. The minimum absolute atomic E-state index is 0. The summed E-state index contributed by atoms with van der Waals surface area (Å²) in [6.07, 6.45) is -0.730. The third-order valence-electron chi connectivity index (χ3n) is 5.40. The van der Waals surface area contributed by atoms with Crippen molar-refractivity contribution in [2.75, 3.05) is 13.6 Å². The molecule has 7 nitrogen and oxygen atoms in total. The number of aliphatic hydroxyl groups excluding tert-OH is 1. The molecule has 0 spiro atoms. The molecule has 1 aromatic carbocycles. The molecule has 2 amide bonds. The van der Waals surface area contributed by atoms with E-state index in [0.717, 1.165) is 15.8 Å². The number of rotatable bonds is 5. The van der Waals surface area contributed by atoms with Gasteiger partial charge in [0.15, 0.2) is 0 Å². The van der Waals surface area contributed by atoms with Gasteiger partial charge in [-0.3, -0.25) is 9.59 Å². The van der Waals surface area contributed by atoms with Crippen molar-refractivity contribution in [3.63, 3.8) is 0 Å². The molecule has 0 aliphatic heterocycles. The number of thiophene rings is 1. The summed E-state index contributed by atoms with van der Waals surface area (Å²) in [7, 11) is 1.61. The molecule has 1 aliphatic carbocycles. The van der Waals surface area contributed by atoms with E-state index in [2.05, 4.69) is 10.3 Å². The monoisotopic (exact) mass is 502 g/mol. The van der Waals surface area contributed by atoms with Crippen LogP contribution in [0, 0.1) is 0 Å². The number of hydrogen-bond donors (Lipinski definition) is 4. The molecule has 2 aromatic heterocycles. The largest absolute Gasteiger partial charge is 0.382 e. The van der Waals surface area contributed by atoms with Gasteiger partial charge in [0.25, 0.3) is 11.8 Å². The number of nitrogens with one attached hydrogen (secondary N) is 2. The molecule has 1 aliphatic rings. The van der Waals surface area contributed by atoms with Crippen molar-refractivity contribution >= 4 is 69.0 Å². The molecule has 3 aromatic rings. The summed E-state index contributed by atoms with van der Waals surface area (Å²) in [6.45, 7) is -0.170. The van der Waals surface area contributed by atoms with Crippen LogP contribution in [0.2, 0.25) is 9.36 Å². The second-order valence-electron chi connectivity index (χ2n) is 7.24. The molecule has 4 rings (SSSR count). The molecule has 11 heteroatoms. The van der Waals surface area contributed by atoms with E-state index in [1.165, 1.54) is 16.2 Å². The Kier molecular flexibility index (Phi) is 7.20. The van der Waals surface area contributed by atoms with Gasteiger partial charge in [0.2, 0.25) is 0 Å². The van der Waals surface area contributed by atoms with E-state index in [1.54, 1.807) is 13.1 Å². The minimum atomic E-state index is -1.29. The molecule has 0 unspecified atom stereocenters. The second kappa shape index (κ2) is 9.36. The summed E-state index contributed by atoms with van der Waals surface area (Å²) >= 11 is 13.5. The lowest BCUT2D eigenvalue weighted by atomic mass is 10.0. The van der Waals surface area contributed by atoms with Crippen LogP contribution in [-0.4, -0.2) is 52.5 Å². The van der Waals surface area contributed by atoms with E-state index < -0.39 is 18.1 Å². The van der Waals surface area contributed by atoms with Gasteiger partial charge in [0, 0.05) is 13.6 Å². The fraction of sp³-hybridized carbons (Fsp3) is 0.300. The maximum absolute atomic E-state index is 13.0. The number of benzene rings is 1. The molecule has 0 fully saturated rings. The van der Waals surface area contributed by atoms with Crippen LogP contribution < -0.4 is 11.1 Å². The number of fused-ring (bicyclic) bond motifs is 2. The van der Waals surface area contributed by atoms with Gasteiger partial charge in [-0.2, -0.15) is 0 Å². The highest BCUT2D eigenvalue weighted by atomic mass is 35.5. The number of halogens is 3. The summed E-state index contributed by atoms with van der Waals surface area (Å²) in [5.41, 5.74) is 8.42. The fourth-order valence-electron chi connectivity index (χ4n) is 3.94. The first-order valence-corrected chi connectivity index (χ1v) is 10.9. The number of aromatic amines is 1. The number of amides is 2. The van der Waals surface area contributed by atoms with Crippen LogP contribution in [-0.2, 0) is 11.2 Å². The van der Waals surface area contributed by atoms with E-state index in [9.17, 15) is 14.7 Å². The molecule has 0 saturated carbocycles. The predicted octanol–water partition coefficient (Wildman–Crippen LogP) is 3.13. The lowest BCUT2D eigenvalue weighted by Gasteiger charge is -2.32. The van der Waals surface area contributed by atoms with Crippen molar-refractivity contribution in [2.24, 2.45) is 5.73 Å². The van der Waals surface area contributed by atoms with Crippen molar-refractivity contribution in [1.82, 2.24) is 15.2 Å². The predicted molar refractivity (Wildman–Crippen MR) is 125 cm³/mol. The first-order valence-electron chi connectivity index (χ1n) is 9.31. The van der Waals surface area contributed by atoms with Gasteiger partial charge in [-0.15, -0.1) is 23.7 Å². The van der Waals surface area contributed by atoms with Crippen molar-refractivity contribution in [3.05, 3.63) is 56.5 Å². The number of carbonyl (C=O) groups excluding carboxylic acids is 2. The Balaban J connectivity index is 0.00000272. The molecular weight excluding hydrogens is 483 g/mol. The van der Waals surface area contributed by atoms with Gasteiger partial charge in [-0.25, -0.2) is 0 Å². The lowest BCUT2D eigenvalue weighted by molar-refractivity contribution is -0.141. The van der Waals surface area contributed by atoms with Crippen LogP contribution in [0.5, 0.6) is 0 Å². The van der Waals surface area contributed by atoms with E-state index in [0.29, 0.717) is 27.0 Å². The molecule has 0 bridgehead atoms. The molecule has 0 radical (unpaired) electrons. The van der Waals surface area contributed by atoms with Crippen LogP contribution in [0.4, 0.5) is 0 Å². The maximum atomic E-state index is 13.0. The highest BCUT2D eigenvalue weighted by molar-refractivity contribution is 7.23. The lowest BCUT2D eigenvalue weighted by Crippen LogP contribution is -2.49. The zero-order chi connectivity index (χ0) is 21.6. The van der Waals surface area contributed by atoms with Gasteiger partial charge in [0.1, 0.15) is 16.1 Å². The van der Waals surface area contributed by atoms with E-state index >= 15 is 0 Å². The van der Waals surface area contributed by atoms with Crippen LogP contribution in [0.1, 0.15) is 27.7 Å². The zero-order valence-electron chi connectivity index (χ0n) is 16.4. The smallest absolute Gasteiger partial charge is 0.268 e. The average molecular weight is 504 g/mol. The number of nitrogens with zero attached hydrogens (tertiary/aromatic N) is 1. The van der Waals surface area contributed by atoms with Gasteiger partial charge in [-0.1, -0.05) is 47.5 Å². The normalized spacial score (nSPS) is 18.4. The van der Waals surface area contributed by atoms with E-state index in [1.807, 2.05) is 24.3 Å². The van der Waals surface area contributed by atoms with Crippen molar-refractivity contribution in [2.45, 2.75) is 24.6 Å². The maximum Gasteiger partial charge on any atom is 0.268 e. The molecule has 31 heavy (non-hydrogen) atoms. The minimum Gasteiger partial charge on any atom is -0.382 e. The summed E-state index contributed by atoms with van der Waals surface area (Å²) in [4.78, 5) is 30.0. The van der Waals surface area contributed by atoms with Crippen molar-refractivity contribution < 1.29 is 14.7 Å². The summed E-state index contributed by atoms with van der Waals surface area (Å²) < 4.78 is 1.26. The summed E-state index contributed by atoms with van der Waals surface area (Å²) in [5, 5.41) is 13.3. The molecule has 5 N–H and O–H groups in total. The van der Waals surface area contributed by atoms with Gasteiger partial charge in [0.05, 0.1) is 27.3 Å². The second-order valence-corrected chi connectivity index (χ2v) is 9.27. The number of aromatic nitrogens is 1. The zero-order valence-corrected chi connectivity index (χ0v) is 19.5. The number of carbonyl (C=O) groups is 2. The Hall–Kier alpha value is -1.81. The van der Waals surface area contributed by atoms with Gasteiger partial charge < -0.3 is 26.0 Å². The Morgan fingerprint density at radius 3 is 2.77 bits per heavy atom. The number of likely N-dealkylation sites (N-methyl/N-ethyl adjacent to an activating group) is 1. The third-order valence-corrected chi connectivity index (χ3v) is 7.33. The Morgan fingerprint density at radius 2 is 2.10 bits per heavy atom. The van der Waals surface area contributed by atoms with Crippen LogP contribution >= 0.6 is 46.9 Å². The van der Waals surface area contributed by atoms with Crippen LogP contribution in [0.3, 0.4) is 0 Å². The highest BCUT2D eigenvalue weighted by Gasteiger charge is 2.39. The number of nitrogens with two attached hydrogens (primary N) is 1. The van der Waals surface area contributed by atoms with E-state index in [-0.39, 0.29) is 30.9 Å². The molecule has 0 saturated heterocycles. The van der Waals surface area contributed by atoms with Gasteiger partial charge in [-0.05, 0) is 23.6 Å². The molecule has 3 atom stereocenters. The quantitative estimate of drug-likeness (QED) is 0.428. The van der Waals surface area contributed by atoms with E-state index in [4.69, 9.17) is 28.9 Å². The standard InChI is InChI=1S/C20H20Cl2N4O3S.ClH/c1-26(20(29)13(27)8-23)17-10-5-3-2-4-9(10)6-11(17)25-19(28)12-7-14-16(24-12)15(21)18(22)30-14;/h2-5,7,11,13,17,24,27H,6,8,23H2,1H3,(H,25,28);1H/t11-,13+,17+;/m1./s1.